The lowest BCUT2D eigenvalue weighted by molar-refractivity contribution is 0.344. The third kappa shape index (κ3) is 2.53. The van der Waals surface area contributed by atoms with Gasteiger partial charge in [0.25, 0.3) is 0 Å². The molecule has 0 saturated heterocycles. The van der Waals surface area contributed by atoms with E-state index in [4.69, 9.17) is 5.73 Å². The molecule has 0 bridgehead atoms. The minimum absolute atomic E-state index is 0.746. The van der Waals surface area contributed by atoms with Crippen molar-refractivity contribution in [2.45, 2.75) is 45.4 Å². The highest BCUT2D eigenvalue weighted by Gasteiger charge is 2.20. The molecule has 1 fully saturated rings. The Morgan fingerprint density at radius 1 is 1.20 bits per heavy atom. The summed E-state index contributed by atoms with van der Waals surface area (Å²) in [6, 6.07) is 6.52. The zero-order chi connectivity index (χ0) is 10.8. The van der Waals surface area contributed by atoms with E-state index in [1.807, 2.05) is 0 Å². The third-order valence-corrected chi connectivity index (χ3v) is 3.53. The van der Waals surface area contributed by atoms with Crippen molar-refractivity contribution in [3.05, 3.63) is 29.3 Å². The molecule has 1 heteroatoms. The lowest BCUT2D eigenvalue weighted by Gasteiger charge is -2.27. The van der Waals surface area contributed by atoms with Gasteiger partial charge in [0, 0.05) is 5.69 Å². The molecule has 82 valence electrons. The Morgan fingerprint density at radius 3 is 2.67 bits per heavy atom. The first-order valence-corrected chi connectivity index (χ1v) is 6.02. The minimum atomic E-state index is 0.746. The fourth-order valence-electron chi connectivity index (χ4n) is 2.82. The Balaban J connectivity index is 2.20. The van der Waals surface area contributed by atoms with Gasteiger partial charge < -0.3 is 5.73 Å². The second-order valence-corrected chi connectivity index (χ2v) is 5.15. The fraction of sp³-hybridized carbons (Fsp3) is 0.571. The Kier molecular flexibility index (Phi) is 2.99. The summed E-state index contributed by atoms with van der Waals surface area (Å²) in [6.07, 6.45) is 5.45. The van der Waals surface area contributed by atoms with Crippen molar-refractivity contribution in [1.29, 1.82) is 0 Å². The molecule has 1 nitrogen and oxygen atoms in total. The van der Waals surface area contributed by atoms with Gasteiger partial charge in [-0.05, 0) is 54.9 Å². The van der Waals surface area contributed by atoms with Crippen LogP contribution in [0.15, 0.2) is 18.2 Å². The number of hydrogen-bond donors (Lipinski definition) is 1. The topological polar surface area (TPSA) is 26.0 Å². The van der Waals surface area contributed by atoms with Gasteiger partial charge in [-0.2, -0.15) is 0 Å². The van der Waals surface area contributed by atoms with Gasteiger partial charge in [0.2, 0.25) is 0 Å². The van der Waals surface area contributed by atoms with Crippen LogP contribution in [0, 0.1) is 12.8 Å². The molecule has 15 heavy (non-hydrogen) atoms. The molecule has 1 aromatic carbocycles. The monoisotopic (exact) mass is 203 g/mol. The van der Waals surface area contributed by atoms with Crippen molar-refractivity contribution in [3.63, 3.8) is 0 Å². The van der Waals surface area contributed by atoms with Gasteiger partial charge in [-0.1, -0.05) is 25.8 Å². The van der Waals surface area contributed by atoms with Crippen molar-refractivity contribution in [2.75, 3.05) is 5.73 Å². The SMILES string of the molecule is Cc1cc(N)cc(C2CCCC(C)C2)c1. The van der Waals surface area contributed by atoms with Gasteiger partial charge in [0.05, 0.1) is 0 Å². The summed E-state index contributed by atoms with van der Waals surface area (Å²) >= 11 is 0. The molecule has 1 saturated carbocycles. The normalized spacial score (nSPS) is 26.5. The molecule has 2 unspecified atom stereocenters. The second-order valence-electron chi connectivity index (χ2n) is 5.15. The molecule has 1 aromatic rings. The van der Waals surface area contributed by atoms with Gasteiger partial charge in [0.15, 0.2) is 0 Å². The Morgan fingerprint density at radius 2 is 2.00 bits per heavy atom. The van der Waals surface area contributed by atoms with E-state index in [0.717, 1.165) is 17.5 Å². The number of benzene rings is 1. The zero-order valence-corrected chi connectivity index (χ0v) is 9.79. The average molecular weight is 203 g/mol. The summed E-state index contributed by atoms with van der Waals surface area (Å²) in [5.41, 5.74) is 9.57. The lowest BCUT2D eigenvalue weighted by atomic mass is 9.78. The lowest BCUT2D eigenvalue weighted by Crippen LogP contribution is -2.12. The Labute approximate surface area is 92.7 Å². The van der Waals surface area contributed by atoms with Crippen molar-refractivity contribution in [1.82, 2.24) is 0 Å². The van der Waals surface area contributed by atoms with Crippen molar-refractivity contribution >= 4 is 5.69 Å². The summed E-state index contributed by atoms with van der Waals surface area (Å²) in [4.78, 5) is 0. The van der Waals surface area contributed by atoms with Crippen LogP contribution in [0.3, 0.4) is 0 Å². The second kappa shape index (κ2) is 4.26. The van der Waals surface area contributed by atoms with Crippen LogP contribution in [0.25, 0.3) is 0 Å². The maximum atomic E-state index is 5.90. The summed E-state index contributed by atoms with van der Waals surface area (Å²) in [5, 5.41) is 0. The highest BCUT2D eigenvalue weighted by Crippen LogP contribution is 2.36. The van der Waals surface area contributed by atoms with Gasteiger partial charge in [-0.25, -0.2) is 0 Å². The first-order chi connectivity index (χ1) is 7.15. The molecule has 0 radical (unpaired) electrons. The molecular formula is C14H21N. The predicted octanol–water partition coefficient (Wildman–Crippen LogP) is 3.87. The third-order valence-electron chi connectivity index (χ3n) is 3.53. The van der Waals surface area contributed by atoms with E-state index in [2.05, 4.69) is 32.0 Å². The van der Waals surface area contributed by atoms with Gasteiger partial charge in [0.1, 0.15) is 0 Å². The van der Waals surface area contributed by atoms with Crippen LogP contribution in [0.1, 0.15) is 49.7 Å². The summed E-state index contributed by atoms with van der Waals surface area (Å²) < 4.78 is 0. The standard InChI is InChI=1S/C14H21N/c1-10-4-3-5-12(6-10)13-7-11(2)8-14(15)9-13/h7-10,12H,3-6,15H2,1-2H3. The van der Waals surface area contributed by atoms with Crippen molar-refractivity contribution in [3.8, 4) is 0 Å². The molecule has 0 amide bonds. The van der Waals surface area contributed by atoms with E-state index in [0.29, 0.717) is 0 Å². The van der Waals surface area contributed by atoms with Gasteiger partial charge >= 0.3 is 0 Å². The number of nitrogens with two attached hydrogens (primary N) is 1. The van der Waals surface area contributed by atoms with Crippen LogP contribution in [0.5, 0.6) is 0 Å². The summed E-state index contributed by atoms with van der Waals surface area (Å²) in [7, 11) is 0. The van der Waals surface area contributed by atoms with E-state index in [1.54, 1.807) is 0 Å². The van der Waals surface area contributed by atoms with E-state index in [1.165, 1.54) is 36.8 Å². The van der Waals surface area contributed by atoms with Crippen LogP contribution in [-0.2, 0) is 0 Å². The number of rotatable bonds is 1. The molecule has 1 aliphatic carbocycles. The van der Waals surface area contributed by atoms with E-state index in [-0.39, 0.29) is 0 Å². The quantitative estimate of drug-likeness (QED) is 0.689. The summed E-state index contributed by atoms with van der Waals surface area (Å²) in [6.45, 7) is 4.50. The Bertz CT molecular complexity index is 323. The average Bonchev–Trinajstić information content (AvgIpc) is 2.16. The van der Waals surface area contributed by atoms with Gasteiger partial charge in [-0.15, -0.1) is 0 Å². The maximum absolute atomic E-state index is 5.90. The molecule has 0 spiro atoms. The summed E-state index contributed by atoms with van der Waals surface area (Å²) in [5.74, 6) is 1.63. The molecule has 2 N–H and O–H groups in total. The maximum Gasteiger partial charge on any atom is 0.0319 e. The van der Waals surface area contributed by atoms with E-state index >= 15 is 0 Å². The predicted molar refractivity (Wildman–Crippen MR) is 66.0 cm³/mol. The molecule has 0 aliphatic heterocycles. The number of nitrogen functional groups attached to an aromatic ring is 1. The van der Waals surface area contributed by atoms with Crippen molar-refractivity contribution < 1.29 is 0 Å². The van der Waals surface area contributed by atoms with E-state index < -0.39 is 0 Å². The van der Waals surface area contributed by atoms with Crippen LogP contribution < -0.4 is 5.73 Å². The number of anilines is 1. The van der Waals surface area contributed by atoms with E-state index in [9.17, 15) is 0 Å². The van der Waals surface area contributed by atoms with Gasteiger partial charge in [-0.3, -0.25) is 0 Å². The minimum Gasteiger partial charge on any atom is -0.399 e. The molecule has 1 aliphatic rings. The number of aryl methyl sites for hydroxylation is 1. The first kappa shape index (κ1) is 10.5. The van der Waals surface area contributed by atoms with Crippen LogP contribution >= 0.6 is 0 Å². The molecule has 2 atom stereocenters. The van der Waals surface area contributed by atoms with Crippen LogP contribution in [-0.4, -0.2) is 0 Å². The number of hydrogen-bond acceptors (Lipinski definition) is 1. The fourth-order valence-corrected chi connectivity index (χ4v) is 2.82. The molecule has 0 heterocycles. The largest absolute Gasteiger partial charge is 0.399 e. The smallest absolute Gasteiger partial charge is 0.0319 e. The van der Waals surface area contributed by atoms with Crippen LogP contribution in [0.4, 0.5) is 5.69 Å². The first-order valence-electron chi connectivity index (χ1n) is 6.02. The zero-order valence-electron chi connectivity index (χ0n) is 9.79. The highest BCUT2D eigenvalue weighted by molar-refractivity contribution is 5.45. The Hall–Kier alpha value is -0.980. The molecule has 0 aromatic heterocycles. The molecule has 2 rings (SSSR count). The van der Waals surface area contributed by atoms with Crippen LogP contribution in [0.2, 0.25) is 0 Å². The molecular weight excluding hydrogens is 182 g/mol. The highest BCUT2D eigenvalue weighted by atomic mass is 14.5. The van der Waals surface area contributed by atoms with Crippen molar-refractivity contribution in [2.24, 2.45) is 5.92 Å².